The molecule has 0 aliphatic carbocycles. The van der Waals surface area contributed by atoms with Crippen LogP contribution in [0.25, 0.3) is 0 Å². The van der Waals surface area contributed by atoms with E-state index in [1.807, 2.05) is 37.4 Å². The van der Waals surface area contributed by atoms with Crippen LogP contribution in [0.2, 0.25) is 0 Å². The number of aromatic nitrogens is 1. The Morgan fingerprint density at radius 2 is 2.14 bits per heavy atom. The van der Waals surface area contributed by atoms with Crippen LogP contribution >= 0.6 is 11.3 Å². The van der Waals surface area contributed by atoms with E-state index in [2.05, 4.69) is 10.3 Å². The Morgan fingerprint density at radius 1 is 1.36 bits per heavy atom. The van der Waals surface area contributed by atoms with Crippen LogP contribution in [0.15, 0.2) is 23.6 Å². The first-order valence-electron chi connectivity index (χ1n) is 9.47. The molecule has 2 aromatic rings. The van der Waals surface area contributed by atoms with Crippen molar-refractivity contribution in [3.05, 3.63) is 51.0 Å². The van der Waals surface area contributed by atoms with Gasteiger partial charge in [0.15, 0.2) is 0 Å². The van der Waals surface area contributed by atoms with Gasteiger partial charge in [-0.3, -0.25) is 4.79 Å². The molecular formula is C20H27N3O3S2. The molecule has 1 aromatic heterocycles. The van der Waals surface area contributed by atoms with E-state index in [4.69, 9.17) is 0 Å². The summed E-state index contributed by atoms with van der Waals surface area (Å²) >= 11 is 1.54. The van der Waals surface area contributed by atoms with Gasteiger partial charge in [-0.2, -0.15) is 0 Å². The van der Waals surface area contributed by atoms with Crippen LogP contribution in [0.1, 0.15) is 53.1 Å². The third-order valence-corrected chi connectivity index (χ3v) is 7.91. The first-order chi connectivity index (χ1) is 13.2. The highest BCUT2D eigenvalue weighted by atomic mass is 32.2. The molecule has 152 valence electrons. The highest BCUT2D eigenvalue weighted by Crippen LogP contribution is 2.31. The van der Waals surface area contributed by atoms with Gasteiger partial charge in [-0.25, -0.2) is 17.7 Å². The molecule has 3 rings (SSSR count). The molecule has 1 N–H and O–H groups in total. The van der Waals surface area contributed by atoms with Gasteiger partial charge in [0.1, 0.15) is 0 Å². The third-order valence-electron chi connectivity index (χ3n) is 5.06. The lowest BCUT2D eigenvalue weighted by Gasteiger charge is -2.31. The Hall–Kier alpha value is -1.77. The van der Waals surface area contributed by atoms with Gasteiger partial charge in [-0.1, -0.05) is 23.8 Å². The van der Waals surface area contributed by atoms with Crippen molar-refractivity contribution in [2.75, 3.05) is 13.1 Å². The van der Waals surface area contributed by atoms with Gasteiger partial charge in [-0.15, -0.1) is 11.3 Å². The van der Waals surface area contributed by atoms with Gasteiger partial charge in [0.2, 0.25) is 15.9 Å². The Bertz CT molecular complexity index is 953. The minimum atomic E-state index is -3.38. The van der Waals surface area contributed by atoms with Gasteiger partial charge < -0.3 is 5.32 Å². The molecule has 1 saturated heterocycles. The maximum absolute atomic E-state index is 13.0. The van der Waals surface area contributed by atoms with Crippen LogP contribution in [0, 0.1) is 13.8 Å². The van der Waals surface area contributed by atoms with Gasteiger partial charge >= 0.3 is 0 Å². The van der Waals surface area contributed by atoms with E-state index in [9.17, 15) is 13.2 Å². The number of amides is 1. The summed E-state index contributed by atoms with van der Waals surface area (Å²) in [5.74, 6) is 0.0629. The van der Waals surface area contributed by atoms with Crippen LogP contribution in [-0.2, 0) is 27.1 Å². The second-order valence-corrected chi connectivity index (χ2v) is 10.3. The predicted molar refractivity (Wildman–Crippen MR) is 112 cm³/mol. The molecule has 1 fully saturated rings. The van der Waals surface area contributed by atoms with Crippen molar-refractivity contribution < 1.29 is 13.2 Å². The summed E-state index contributed by atoms with van der Waals surface area (Å²) in [6.45, 7) is 6.86. The number of thiazole rings is 1. The monoisotopic (exact) mass is 421 g/mol. The van der Waals surface area contributed by atoms with Crippen molar-refractivity contribution in [2.24, 2.45) is 0 Å². The lowest BCUT2D eigenvalue weighted by atomic mass is 10.0. The Kier molecular flexibility index (Phi) is 6.52. The van der Waals surface area contributed by atoms with E-state index in [1.165, 1.54) is 6.92 Å². The van der Waals surface area contributed by atoms with Crippen molar-refractivity contribution in [3.8, 4) is 0 Å². The standard InChI is InChI=1S/C20H27N3O3S2/c1-14-6-7-15(2)18(9-14)13-28(25,26)23-8-4-5-17(11-23)20-22-19(12-27-20)10-21-16(3)24/h6-7,9,12,17H,4-5,8,10-11,13H2,1-3H3,(H,21,24)/t17-/m0/s1. The van der Waals surface area contributed by atoms with Crippen molar-refractivity contribution >= 4 is 27.3 Å². The molecule has 0 radical (unpaired) electrons. The van der Waals surface area contributed by atoms with Gasteiger partial charge in [-0.05, 0) is 37.8 Å². The fourth-order valence-corrected chi connectivity index (χ4v) is 6.10. The lowest BCUT2D eigenvalue weighted by molar-refractivity contribution is -0.119. The minimum absolute atomic E-state index is 0.0406. The SMILES string of the molecule is CC(=O)NCc1csc([C@H]2CCCN(S(=O)(=O)Cc3cc(C)ccc3C)C2)n1. The Morgan fingerprint density at radius 3 is 2.89 bits per heavy atom. The van der Waals surface area contributed by atoms with Crippen LogP contribution in [0.4, 0.5) is 0 Å². The normalized spacial score (nSPS) is 18.2. The van der Waals surface area contributed by atoms with Crippen LogP contribution in [0.5, 0.6) is 0 Å². The number of carbonyl (C=O) groups excluding carboxylic acids is 1. The fourth-order valence-electron chi connectivity index (χ4n) is 3.45. The third kappa shape index (κ3) is 5.18. The fraction of sp³-hybridized carbons (Fsp3) is 0.500. The van der Waals surface area contributed by atoms with E-state index in [1.54, 1.807) is 15.6 Å². The summed E-state index contributed by atoms with van der Waals surface area (Å²) < 4.78 is 27.7. The Labute approximate surface area is 171 Å². The number of aryl methyl sites for hydroxylation is 2. The van der Waals surface area contributed by atoms with Crippen LogP contribution in [-0.4, -0.2) is 36.7 Å². The molecule has 0 unspecified atom stereocenters. The zero-order valence-electron chi connectivity index (χ0n) is 16.6. The van der Waals surface area contributed by atoms with E-state index < -0.39 is 10.0 Å². The molecule has 1 amide bonds. The van der Waals surface area contributed by atoms with Crippen molar-refractivity contribution in [1.82, 2.24) is 14.6 Å². The molecule has 6 nitrogen and oxygen atoms in total. The highest BCUT2D eigenvalue weighted by Gasteiger charge is 2.31. The molecule has 0 spiro atoms. The van der Waals surface area contributed by atoms with Crippen molar-refractivity contribution in [2.45, 2.75) is 51.8 Å². The number of benzene rings is 1. The minimum Gasteiger partial charge on any atom is -0.351 e. The quantitative estimate of drug-likeness (QED) is 0.777. The maximum atomic E-state index is 13.0. The summed E-state index contributed by atoms with van der Waals surface area (Å²) in [5, 5.41) is 5.64. The largest absolute Gasteiger partial charge is 0.351 e. The van der Waals surface area contributed by atoms with Crippen molar-refractivity contribution in [1.29, 1.82) is 0 Å². The van der Waals surface area contributed by atoms with Gasteiger partial charge in [0.25, 0.3) is 0 Å². The molecule has 0 bridgehead atoms. The van der Waals surface area contributed by atoms with Gasteiger partial charge in [0, 0.05) is 31.3 Å². The number of sulfonamides is 1. The van der Waals surface area contributed by atoms with Crippen LogP contribution in [0.3, 0.4) is 0 Å². The zero-order valence-corrected chi connectivity index (χ0v) is 18.2. The first-order valence-corrected chi connectivity index (χ1v) is 12.0. The molecular weight excluding hydrogens is 394 g/mol. The molecule has 28 heavy (non-hydrogen) atoms. The second kappa shape index (κ2) is 8.71. The molecule has 1 aliphatic heterocycles. The zero-order chi connectivity index (χ0) is 20.3. The Balaban J connectivity index is 1.70. The molecule has 0 saturated carbocycles. The number of nitrogens with one attached hydrogen (secondary N) is 1. The molecule has 1 atom stereocenters. The first kappa shape index (κ1) is 21.0. The summed E-state index contributed by atoms with van der Waals surface area (Å²) in [6, 6.07) is 5.94. The average Bonchev–Trinajstić information content (AvgIpc) is 3.12. The average molecular weight is 422 g/mol. The molecule has 8 heteroatoms. The molecule has 1 aliphatic rings. The highest BCUT2D eigenvalue weighted by molar-refractivity contribution is 7.88. The predicted octanol–water partition coefficient (Wildman–Crippen LogP) is 3.11. The lowest BCUT2D eigenvalue weighted by Crippen LogP contribution is -2.39. The summed E-state index contributed by atoms with van der Waals surface area (Å²) in [5.41, 5.74) is 3.77. The number of hydrogen-bond acceptors (Lipinski definition) is 5. The molecule has 1 aromatic carbocycles. The van der Waals surface area contributed by atoms with E-state index >= 15 is 0 Å². The van der Waals surface area contributed by atoms with E-state index in [0.717, 1.165) is 40.2 Å². The van der Waals surface area contributed by atoms with Gasteiger partial charge in [0.05, 0.1) is 23.0 Å². The number of nitrogens with zero attached hydrogens (tertiary/aromatic N) is 2. The smallest absolute Gasteiger partial charge is 0.218 e. The number of rotatable bonds is 6. The second-order valence-electron chi connectivity index (χ2n) is 7.47. The molecule has 2 heterocycles. The topological polar surface area (TPSA) is 79.4 Å². The van der Waals surface area contributed by atoms with E-state index in [-0.39, 0.29) is 17.6 Å². The summed E-state index contributed by atoms with van der Waals surface area (Å²) in [6.07, 6.45) is 1.76. The number of piperidine rings is 1. The van der Waals surface area contributed by atoms with Crippen molar-refractivity contribution in [3.63, 3.8) is 0 Å². The summed E-state index contributed by atoms with van der Waals surface area (Å²) in [4.78, 5) is 15.7. The van der Waals surface area contributed by atoms with E-state index in [0.29, 0.717) is 19.6 Å². The maximum Gasteiger partial charge on any atom is 0.218 e. The number of hydrogen-bond donors (Lipinski definition) is 1. The van der Waals surface area contributed by atoms with Crippen LogP contribution < -0.4 is 5.32 Å². The number of carbonyl (C=O) groups is 1. The summed E-state index contributed by atoms with van der Waals surface area (Å²) in [7, 11) is -3.38.